The van der Waals surface area contributed by atoms with Crippen molar-refractivity contribution >= 4 is 17.6 Å². The molecule has 2 aromatic rings. The van der Waals surface area contributed by atoms with Gasteiger partial charge in [-0.3, -0.25) is 14.5 Å². The maximum atomic E-state index is 12.4. The fourth-order valence-corrected chi connectivity index (χ4v) is 1.76. The summed E-state index contributed by atoms with van der Waals surface area (Å²) in [4.78, 5) is 24.5. The highest BCUT2D eigenvalue weighted by molar-refractivity contribution is 6.07. The van der Waals surface area contributed by atoms with Gasteiger partial charge in [-0.15, -0.1) is 0 Å². The zero-order chi connectivity index (χ0) is 14.7. The fraction of sp³-hybridized carbons (Fsp3) is 0.214. The van der Waals surface area contributed by atoms with Crippen molar-refractivity contribution in [2.45, 2.75) is 13.8 Å². The Morgan fingerprint density at radius 2 is 1.90 bits per heavy atom. The number of carbonyl (C=O) groups excluding carboxylic acids is 1. The molecule has 0 unspecified atom stereocenters. The second-order valence-corrected chi connectivity index (χ2v) is 4.46. The first-order chi connectivity index (χ1) is 9.49. The maximum absolute atomic E-state index is 12.4. The average Bonchev–Trinajstić information content (AvgIpc) is 2.82. The lowest BCUT2D eigenvalue weighted by Crippen LogP contribution is -2.35. The minimum atomic E-state index is -1.10. The van der Waals surface area contributed by atoms with Crippen LogP contribution in [0.5, 0.6) is 0 Å². The largest absolute Gasteiger partial charge is 0.480 e. The van der Waals surface area contributed by atoms with Crippen LogP contribution in [0, 0.1) is 13.8 Å². The highest BCUT2D eigenvalue weighted by Gasteiger charge is 2.25. The van der Waals surface area contributed by atoms with Crippen LogP contribution in [0.3, 0.4) is 0 Å². The van der Waals surface area contributed by atoms with Crippen LogP contribution in [0.2, 0.25) is 0 Å². The number of anilines is 1. The van der Waals surface area contributed by atoms with Gasteiger partial charge in [0.1, 0.15) is 6.54 Å². The molecule has 1 N–H and O–H groups in total. The molecule has 0 saturated carbocycles. The number of rotatable bonds is 4. The summed E-state index contributed by atoms with van der Waals surface area (Å²) in [6, 6.07) is 7.01. The number of nitrogens with zero attached hydrogens (tertiary/aromatic N) is 2. The Morgan fingerprint density at radius 3 is 2.40 bits per heavy atom. The Hall–Kier alpha value is -2.63. The monoisotopic (exact) mass is 274 g/mol. The van der Waals surface area contributed by atoms with Crippen LogP contribution in [-0.4, -0.2) is 28.7 Å². The van der Waals surface area contributed by atoms with Gasteiger partial charge in [0.15, 0.2) is 0 Å². The van der Waals surface area contributed by atoms with Gasteiger partial charge < -0.3 is 9.63 Å². The first-order valence-corrected chi connectivity index (χ1v) is 6.00. The van der Waals surface area contributed by atoms with E-state index in [4.69, 9.17) is 9.63 Å². The Balaban J connectivity index is 2.37. The third kappa shape index (κ3) is 2.85. The highest BCUT2D eigenvalue weighted by Crippen LogP contribution is 2.19. The summed E-state index contributed by atoms with van der Waals surface area (Å²) < 4.78 is 4.90. The molecule has 1 aromatic carbocycles. The van der Waals surface area contributed by atoms with Gasteiger partial charge in [0.2, 0.25) is 5.76 Å². The van der Waals surface area contributed by atoms with Crippen LogP contribution in [0.1, 0.15) is 21.7 Å². The lowest BCUT2D eigenvalue weighted by Gasteiger charge is -2.19. The fourth-order valence-electron chi connectivity index (χ4n) is 1.76. The molecule has 1 amide bonds. The molecule has 0 radical (unpaired) electrons. The molecule has 0 saturated heterocycles. The van der Waals surface area contributed by atoms with E-state index in [1.165, 1.54) is 6.20 Å². The van der Waals surface area contributed by atoms with Crippen LogP contribution in [0.25, 0.3) is 0 Å². The van der Waals surface area contributed by atoms with Crippen molar-refractivity contribution in [2.75, 3.05) is 11.4 Å². The molecule has 0 aliphatic carbocycles. The molecule has 0 spiro atoms. The molecule has 1 aromatic heterocycles. The minimum Gasteiger partial charge on any atom is -0.480 e. The zero-order valence-corrected chi connectivity index (χ0v) is 11.2. The van der Waals surface area contributed by atoms with Gasteiger partial charge in [-0.2, -0.15) is 0 Å². The van der Waals surface area contributed by atoms with Crippen LogP contribution < -0.4 is 4.90 Å². The number of hydrogen-bond donors (Lipinski definition) is 1. The minimum absolute atomic E-state index is 0.0480. The number of carbonyl (C=O) groups is 2. The lowest BCUT2D eigenvalue weighted by atomic mass is 10.2. The maximum Gasteiger partial charge on any atom is 0.323 e. The van der Waals surface area contributed by atoms with E-state index in [2.05, 4.69) is 5.16 Å². The standard InChI is InChI=1S/C14H14N2O4/c1-9-3-5-11(6-4-9)16(8-12(17)18)14(19)13-10(2)7-15-20-13/h3-7H,8H2,1-2H3,(H,17,18). The van der Waals surface area contributed by atoms with Crippen LogP contribution in [0.15, 0.2) is 35.0 Å². The van der Waals surface area contributed by atoms with Crippen molar-refractivity contribution in [3.05, 3.63) is 47.3 Å². The number of aryl methyl sites for hydroxylation is 2. The van der Waals surface area contributed by atoms with Gasteiger partial charge >= 0.3 is 5.97 Å². The summed E-state index contributed by atoms with van der Waals surface area (Å²) in [5.41, 5.74) is 2.09. The topological polar surface area (TPSA) is 83.6 Å². The molecule has 1 heterocycles. The number of hydrogen-bond acceptors (Lipinski definition) is 4. The second kappa shape index (κ2) is 5.56. The van der Waals surface area contributed by atoms with Gasteiger partial charge in [0, 0.05) is 11.3 Å². The number of carboxylic acids is 1. The normalized spacial score (nSPS) is 10.3. The SMILES string of the molecule is Cc1ccc(N(CC(=O)O)C(=O)c2oncc2C)cc1. The van der Waals surface area contributed by atoms with Crippen molar-refractivity contribution in [1.82, 2.24) is 5.16 Å². The van der Waals surface area contributed by atoms with E-state index in [-0.39, 0.29) is 5.76 Å². The molecule has 104 valence electrons. The number of aliphatic carboxylic acids is 1. The van der Waals surface area contributed by atoms with Crippen LogP contribution in [0.4, 0.5) is 5.69 Å². The Labute approximate surface area is 115 Å². The Morgan fingerprint density at radius 1 is 1.25 bits per heavy atom. The van der Waals surface area contributed by atoms with E-state index in [0.717, 1.165) is 10.5 Å². The molecule has 0 aliphatic heterocycles. The van der Waals surface area contributed by atoms with E-state index in [9.17, 15) is 9.59 Å². The van der Waals surface area contributed by atoms with Crippen molar-refractivity contribution < 1.29 is 19.2 Å². The van der Waals surface area contributed by atoms with Gasteiger partial charge in [0.25, 0.3) is 5.91 Å². The Bertz CT molecular complexity index is 631. The molecular formula is C14H14N2O4. The van der Waals surface area contributed by atoms with Gasteiger partial charge in [-0.1, -0.05) is 22.9 Å². The second-order valence-electron chi connectivity index (χ2n) is 4.46. The third-order valence-electron chi connectivity index (χ3n) is 2.83. The number of aromatic nitrogens is 1. The predicted molar refractivity (Wildman–Crippen MR) is 71.7 cm³/mol. The van der Waals surface area contributed by atoms with E-state index >= 15 is 0 Å². The van der Waals surface area contributed by atoms with E-state index in [0.29, 0.717) is 11.3 Å². The summed E-state index contributed by atoms with van der Waals surface area (Å²) in [7, 11) is 0. The van der Waals surface area contributed by atoms with Crippen molar-refractivity contribution in [2.24, 2.45) is 0 Å². The van der Waals surface area contributed by atoms with Crippen molar-refractivity contribution in [3.8, 4) is 0 Å². The van der Waals surface area contributed by atoms with Gasteiger partial charge in [0.05, 0.1) is 6.20 Å². The molecule has 0 fully saturated rings. The zero-order valence-electron chi connectivity index (χ0n) is 11.2. The first-order valence-electron chi connectivity index (χ1n) is 6.00. The molecular weight excluding hydrogens is 260 g/mol. The van der Waals surface area contributed by atoms with E-state index in [1.807, 2.05) is 19.1 Å². The van der Waals surface area contributed by atoms with Crippen LogP contribution >= 0.6 is 0 Å². The quantitative estimate of drug-likeness (QED) is 0.922. The predicted octanol–water partition coefficient (Wildman–Crippen LogP) is 2.02. The molecule has 0 atom stereocenters. The van der Waals surface area contributed by atoms with Gasteiger partial charge in [-0.25, -0.2) is 0 Å². The lowest BCUT2D eigenvalue weighted by molar-refractivity contribution is -0.135. The first kappa shape index (κ1) is 13.8. The van der Waals surface area contributed by atoms with Crippen LogP contribution in [-0.2, 0) is 4.79 Å². The summed E-state index contributed by atoms with van der Waals surface area (Å²) in [6.45, 7) is 3.15. The molecule has 0 aliphatic rings. The number of carboxylic acid groups (broad SMARTS) is 1. The highest BCUT2D eigenvalue weighted by atomic mass is 16.5. The summed E-state index contributed by atoms with van der Waals surface area (Å²) in [5, 5.41) is 12.5. The summed E-state index contributed by atoms with van der Waals surface area (Å²) in [6.07, 6.45) is 1.42. The molecule has 2 rings (SSSR count). The summed E-state index contributed by atoms with van der Waals surface area (Å²) >= 11 is 0. The smallest absolute Gasteiger partial charge is 0.323 e. The Kier molecular flexibility index (Phi) is 3.84. The number of benzene rings is 1. The molecule has 20 heavy (non-hydrogen) atoms. The summed E-state index contributed by atoms with van der Waals surface area (Å²) in [5.74, 6) is -1.57. The average molecular weight is 274 g/mol. The van der Waals surface area contributed by atoms with E-state index < -0.39 is 18.4 Å². The van der Waals surface area contributed by atoms with Crippen molar-refractivity contribution in [3.63, 3.8) is 0 Å². The molecule has 6 nitrogen and oxygen atoms in total. The number of amides is 1. The molecule has 0 bridgehead atoms. The van der Waals surface area contributed by atoms with Gasteiger partial charge in [-0.05, 0) is 26.0 Å². The van der Waals surface area contributed by atoms with E-state index in [1.54, 1.807) is 19.1 Å². The third-order valence-corrected chi connectivity index (χ3v) is 2.83. The molecule has 6 heteroatoms. The van der Waals surface area contributed by atoms with Crippen molar-refractivity contribution in [1.29, 1.82) is 0 Å².